The van der Waals surface area contributed by atoms with Gasteiger partial charge in [0, 0.05) is 24.4 Å². The highest BCUT2D eigenvalue weighted by atomic mass is 32.1. The molecular formula is C13H19N5OS. The van der Waals surface area contributed by atoms with E-state index in [9.17, 15) is 4.79 Å². The van der Waals surface area contributed by atoms with Gasteiger partial charge in [-0.1, -0.05) is 6.92 Å². The third kappa shape index (κ3) is 3.36. The third-order valence-electron chi connectivity index (χ3n) is 2.79. The van der Waals surface area contributed by atoms with E-state index < -0.39 is 0 Å². The van der Waals surface area contributed by atoms with E-state index in [2.05, 4.69) is 33.6 Å². The number of rotatable bonds is 7. The lowest BCUT2D eigenvalue weighted by atomic mass is 10.3. The highest BCUT2D eigenvalue weighted by Gasteiger charge is 2.11. The van der Waals surface area contributed by atoms with E-state index in [1.807, 2.05) is 6.92 Å². The molecule has 1 amide bonds. The molecule has 0 aromatic carbocycles. The number of hydrogen-bond acceptors (Lipinski definition) is 6. The number of nitrogens with zero attached hydrogens (tertiary/aromatic N) is 2. The molecule has 6 nitrogen and oxygen atoms in total. The first kappa shape index (κ1) is 14.5. The topological polar surface area (TPSA) is 92.9 Å². The van der Waals surface area contributed by atoms with Gasteiger partial charge in [-0.05, 0) is 19.4 Å². The minimum Gasteiger partial charge on any atom is -0.370 e. The number of anilines is 2. The fraction of sp³-hybridized carbons (Fsp3) is 0.462. The number of aromatic nitrogens is 2. The van der Waals surface area contributed by atoms with Crippen molar-refractivity contribution in [1.29, 1.82) is 0 Å². The molecule has 2 aromatic rings. The van der Waals surface area contributed by atoms with Crippen molar-refractivity contribution in [2.45, 2.75) is 26.7 Å². The van der Waals surface area contributed by atoms with Gasteiger partial charge in [0.2, 0.25) is 11.9 Å². The quantitative estimate of drug-likeness (QED) is 0.726. The molecule has 0 aliphatic rings. The number of aryl methyl sites for hydroxylation is 1. The molecule has 0 saturated heterocycles. The molecule has 4 N–H and O–H groups in total. The first-order valence-electron chi connectivity index (χ1n) is 6.70. The number of fused-ring (bicyclic) bond motifs is 1. The summed E-state index contributed by atoms with van der Waals surface area (Å²) in [5, 5.41) is 7.29. The van der Waals surface area contributed by atoms with Crippen molar-refractivity contribution >= 4 is 39.2 Å². The van der Waals surface area contributed by atoms with Crippen LogP contribution in [0.2, 0.25) is 0 Å². The Labute approximate surface area is 121 Å². The summed E-state index contributed by atoms with van der Waals surface area (Å²) >= 11 is 1.67. The molecule has 2 aromatic heterocycles. The predicted molar refractivity (Wildman–Crippen MR) is 83.3 cm³/mol. The van der Waals surface area contributed by atoms with Crippen LogP contribution in [0.1, 0.15) is 25.1 Å². The molecule has 0 spiro atoms. The van der Waals surface area contributed by atoms with Crippen molar-refractivity contribution in [3.63, 3.8) is 0 Å². The molecule has 0 radical (unpaired) electrons. The van der Waals surface area contributed by atoms with Crippen molar-refractivity contribution in [3.8, 4) is 0 Å². The molecule has 20 heavy (non-hydrogen) atoms. The summed E-state index contributed by atoms with van der Waals surface area (Å²) in [7, 11) is 0. The molecule has 7 heteroatoms. The Kier molecular flexibility index (Phi) is 4.73. The molecule has 0 aliphatic heterocycles. The van der Waals surface area contributed by atoms with E-state index in [0.717, 1.165) is 29.0 Å². The fourth-order valence-corrected chi connectivity index (χ4v) is 2.79. The van der Waals surface area contributed by atoms with E-state index >= 15 is 0 Å². The molecular weight excluding hydrogens is 274 g/mol. The molecule has 2 rings (SSSR count). The zero-order valence-corrected chi connectivity index (χ0v) is 12.5. The van der Waals surface area contributed by atoms with Crippen LogP contribution in [-0.4, -0.2) is 29.0 Å². The smallest absolute Gasteiger partial charge is 0.226 e. The van der Waals surface area contributed by atoms with Gasteiger partial charge < -0.3 is 16.4 Å². The summed E-state index contributed by atoms with van der Waals surface area (Å²) < 4.78 is 0. The first-order valence-corrected chi connectivity index (χ1v) is 7.52. The predicted octanol–water partition coefficient (Wildman–Crippen LogP) is 1.97. The molecule has 108 valence electrons. The standard InChI is InChI=1S/C13H19N5OS/c1-3-8-7-9-11(16-6-5-10(14)19)17-13(15-4-2)18-12(9)20-8/h7H,3-6H2,1-2H3,(H2,14,19)(H2,15,16,17,18). The average Bonchev–Trinajstić information content (AvgIpc) is 2.82. The fourth-order valence-electron chi connectivity index (χ4n) is 1.82. The van der Waals surface area contributed by atoms with Gasteiger partial charge in [0.05, 0.1) is 5.39 Å². The first-order chi connectivity index (χ1) is 9.63. The van der Waals surface area contributed by atoms with Crippen molar-refractivity contribution in [3.05, 3.63) is 10.9 Å². The Morgan fingerprint density at radius 2 is 2.15 bits per heavy atom. The average molecular weight is 293 g/mol. The van der Waals surface area contributed by atoms with Crippen LogP contribution in [0.5, 0.6) is 0 Å². The molecule has 2 heterocycles. The van der Waals surface area contributed by atoms with Gasteiger partial charge in [0.15, 0.2) is 0 Å². The summed E-state index contributed by atoms with van der Waals surface area (Å²) in [6.07, 6.45) is 1.26. The lowest BCUT2D eigenvalue weighted by Gasteiger charge is -2.08. The summed E-state index contributed by atoms with van der Waals surface area (Å²) in [6, 6.07) is 2.10. The van der Waals surface area contributed by atoms with Crippen LogP contribution in [0.25, 0.3) is 10.2 Å². The van der Waals surface area contributed by atoms with Crippen molar-refractivity contribution < 1.29 is 4.79 Å². The molecule has 0 unspecified atom stereocenters. The zero-order valence-electron chi connectivity index (χ0n) is 11.7. The second-order valence-corrected chi connectivity index (χ2v) is 5.47. The van der Waals surface area contributed by atoms with Crippen LogP contribution in [0, 0.1) is 0 Å². The summed E-state index contributed by atoms with van der Waals surface area (Å²) in [5.41, 5.74) is 5.15. The van der Waals surface area contributed by atoms with Crippen LogP contribution in [0.4, 0.5) is 11.8 Å². The van der Waals surface area contributed by atoms with Crippen LogP contribution >= 0.6 is 11.3 Å². The Morgan fingerprint density at radius 3 is 2.80 bits per heavy atom. The van der Waals surface area contributed by atoms with Gasteiger partial charge in [0.1, 0.15) is 10.6 Å². The maximum absolute atomic E-state index is 10.8. The van der Waals surface area contributed by atoms with Crippen LogP contribution in [0.15, 0.2) is 6.07 Å². The normalized spacial score (nSPS) is 10.7. The van der Waals surface area contributed by atoms with Gasteiger partial charge in [-0.2, -0.15) is 4.98 Å². The summed E-state index contributed by atoms with van der Waals surface area (Å²) in [6.45, 7) is 5.35. The minimum atomic E-state index is -0.325. The number of amides is 1. The van der Waals surface area contributed by atoms with E-state index in [1.54, 1.807) is 11.3 Å². The molecule has 0 aliphatic carbocycles. The van der Waals surface area contributed by atoms with Crippen LogP contribution in [-0.2, 0) is 11.2 Å². The monoisotopic (exact) mass is 293 g/mol. The SMILES string of the molecule is CCNc1nc(NCCC(N)=O)c2cc(CC)sc2n1. The maximum atomic E-state index is 10.8. The van der Waals surface area contributed by atoms with Crippen LogP contribution in [0.3, 0.4) is 0 Å². The summed E-state index contributed by atoms with van der Waals surface area (Å²) in [4.78, 5) is 22.0. The number of carbonyl (C=O) groups excluding carboxylic acids is 1. The van der Waals surface area contributed by atoms with Crippen LogP contribution < -0.4 is 16.4 Å². The van der Waals surface area contributed by atoms with E-state index in [1.165, 1.54) is 4.88 Å². The molecule has 0 saturated carbocycles. The third-order valence-corrected chi connectivity index (χ3v) is 3.96. The summed E-state index contributed by atoms with van der Waals surface area (Å²) in [5.74, 6) is 1.03. The minimum absolute atomic E-state index is 0.285. The Morgan fingerprint density at radius 1 is 1.35 bits per heavy atom. The van der Waals surface area contributed by atoms with E-state index in [-0.39, 0.29) is 12.3 Å². The molecule has 0 fully saturated rings. The zero-order chi connectivity index (χ0) is 14.5. The van der Waals surface area contributed by atoms with Crippen molar-refractivity contribution in [2.75, 3.05) is 23.7 Å². The van der Waals surface area contributed by atoms with Gasteiger partial charge >= 0.3 is 0 Å². The lowest BCUT2D eigenvalue weighted by molar-refractivity contribution is -0.117. The number of carbonyl (C=O) groups is 1. The lowest BCUT2D eigenvalue weighted by Crippen LogP contribution is -2.16. The Balaban J connectivity index is 2.32. The number of nitrogens with one attached hydrogen (secondary N) is 2. The van der Waals surface area contributed by atoms with Gasteiger partial charge in [-0.15, -0.1) is 11.3 Å². The number of primary amides is 1. The highest BCUT2D eigenvalue weighted by molar-refractivity contribution is 7.18. The van der Waals surface area contributed by atoms with E-state index in [0.29, 0.717) is 12.5 Å². The second kappa shape index (κ2) is 6.51. The maximum Gasteiger partial charge on any atom is 0.226 e. The van der Waals surface area contributed by atoms with Crippen molar-refractivity contribution in [1.82, 2.24) is 9.97 Å². The number of nitrogens with two attached hydrogens (primary N) is 1. The molecule has 0 bridgehead atoms. The Bertz CT molecular complexity index is 610. The van der Waals surface area contributed by atoms with Crippen molar-refractivity contribution in [2.24, 2.45) is 5.73 Å². The van der Waals surface area contributed by atoms with Gasteiger partial charge in [-0.25, -0.2) is 4.98 Å². The van der Waals surface area contributed by atoms with E-state index in [4.69, 9.17) is 5.73 Å². The van der Waals surface area contributed by atoms with Gasteiger partial charge in [0.25, 0.3) is 0 Å². The second-order valence-electron chi connectivity index (χ2n) is 4.35. The largest absolute Gasteiger partial charge is 0.370 e. The number of hydrogen-bond donors (Lipinski definition) is 3. The Hall–Kier alpha value is -1.89. The van der Waals surface area contributed by atoms with Gasteiger partial charge in [-0.3, -0.25) is 4.79 Å². The number of thiophene rings is 1. The molecule has 0 atom stereocenters. The highest BCUT2D eigenvalue weighted by Crippen LogP contribution is 2.30.